The maximum atomic E-state index is 9.39. The van der Waals surface area contributed by atoms with Crippen LogP contribution in [-0.4, -0.2) is 30.8 Å². The van der Waals surface area contributed by atoms with Crippen LogP contribution in [0, 0.1) is 0 Å². The third kappa shape index (κ3) is 5.93. The average Bonchev–Trinajstić information content (AvgIpc) is 2.33. The second-order valence-corrected chi connectivity index (χ2v) is 6.28. The van der Waals surface area contributed by atoms with Gasteiger partial charge in [-0.15, -0.1) is 0 Å². The largest absolute Gasteiger partial charge is 0.393 e. The minimum Gasteiger partial charge on any atom is -0.393 e. The lowest BCUT2D eigenvalue weighted by Gasteiger charge is -2.24. The number of benzene rings is 1. The van der Waals surface area contributed by atoms with Crippen LogP contribution < -0.4 is 10.2 Å². The van der Waals surface area contributed by atoms with E-state index in [0.29, 0.717) is 6.04 Å². The topological polar surface area (TPSA) is 35.5 Å². The molecule has 108 valence electrons. The summed E-state index contributed by atoms with van der Waals surface area (Å²) in [7, 11) is 2.07. The Morgan fingerprint density at radius 1 is 1.32 bits per heavy atom. The highest BCUT2D eigenvalue weighted by molar-refractivity contribution is 9.10. The highest BCUT2D eigenvalue weighted by atomic mass is 79.9. The van der Waals surface area contributed by atoms with Gasteiger partial charge in [0.15, 0.2) is 0 Å². The van der Waals surface area contributed by atoms with Crippen molar-refractivity contribution in [2.75, 3.05) is 18.5 Å². The van der Waals surface area contributed by atoms with Crippen LogP contribution >= 0.6 is 15.9 Å². The average molecular weight is 329 g/mol. The molecular formula is C15H25BrN2O. The summed E-state index contributed by atoms with van der Waals surface area (Å²) in [6.07, 6.45) is 0.527. The summed E-state index contributed by atoms with van der Waals surface area (Å²) in [5.41, 5.74) is 2.49. The standard InChI is InChI=1S/C15H25BrN2O/c1-11(2)17-10-13-9-14(16)5-6-15(13)18(4)8-7-12(3)19/h5-6,9,11-12,17,19H,7-8,10H2,1-4H3. The van der Waals surface area contributed by atoms with Gasteiger partial charge in [0.25, 0.3) is 0 Å². The van der Waals surface area contributed by atoms with Gasteiger partial charge in [-0.2, -0.15) is 0 Å². The Morgan fingerprint density at radius 2 is 2.00 bits per heavy atom. The van der Waals surface area contributed by atoms with Gasteiger partial charge in [-0.1, -0.05) is 29.8 Å². The second kappa shape index (κ2) is 7.88. The molecule has 0 aliphatic heterocycles. The van der Waals surface area contributed by atoms with Crippen molar-refractivity contribution in [3.05, 3.63) is 28.2 Å². The summed E-state index contributed by atoms with van der Waals surface area (Å²) in [5.74, 6) is 0. The van der Waals surface area contributed by atoms with Gasteiger partial charge < -0.3 is 15.3 Å². The molecule has 0 aliphatic carbocycles. The highest BCUT2D eigenvalue weighted by Gasteiger charge is 2.09. The number of hydrogen-bond donors (Lipinski definition) is 2. The van der Waals surface area contributed by atoms with Crippen molar-refractivity contribution in [2.24, 2.45) is 0 Å². The van der Waals surface area contributed by atoms with Gasteiger partial charge in [-0.3, -0.25) is 0 Å². The predicted octanol–water partition coefficient (Wildman–Crippen LogP) is 3.15. The van der Waals surface area contributed by atoms with E-state index in [1.165, 1.54) is 11.3 Å². The summed E-state index contributed by atoms with van der Waals surface area (Å²) < 4.78 is 1.10. The van der Waals surface area contributed by atoms with Crippen LogP contribution in [0.2, 0.25) is 0 Å². The predicted molar refractivity (Wildman–Crippen MR) is 85.7 cm³/mol. The fourth-order valence-electron chi connectivity index (χ4n) is 1.88. The Hall–Kier alpha value is -0.580. The maximum absolute atomic E-state index is 9.39. The Morgan fingerprint density at radius 3 is 2.58 bits per heavy atom. The summed E-state index contributed by atoms with van der Waals surface area (Å²) in [6.45, 7) is 7.83. The van der Waals surface area contributed by atoms with Gasteiger partial charge in [-0.05, 0) is 37.1 Å². The van der Waals surface area contributed by atoms with Crippen molar-refractivity contribution in [3.63, 3.8) is 0 Å². The molecule has 0 heterocycles. The molecular weight excluding hydrogens is 304 g/mol. The minimum absolute atomic E-state index is 0.255. The van der Waals surface area contributed by atoms with E-state index in [1.807, 2.05) is 6.92 Å². The number of aliphatic hydroxyl groups excluding tert-OH is 1. The molecule has 0 aromatic heterocycles. The molecule has 4 heteroatoms. The van der Waals surface area contributed by atoms with Crippen molar-refractivity contribution >= 4 is 21.6 Å². The van der Waals surface area contributed by atoms with E-state index in [4.69, 9.17) is 0 Å². The number of anilines is 1. The van der Waals surface area contributed by atoms with Crippen LogP contribution in [0.4, 0.5) is 5.69 Å². The first-order valence-corrected chi connectivity index (χ1v) is 7.60. The molecule has 1 unspecified atom stereocenters. The first kappa shape index (κ1) is 16.5. The van der Waals surface area contributed by atoms with Crippen LogP contribution in [0.1, 0.15) is 32.8 Å². The van der Waals surface area contributed by atoms with Gasteiger partial charge in [0.1, 0.15) is 0 Å². The molecule has 0 saturated heterocycles. The van der Waals surface area contributed by atoms with Gasteiger partial charge >= 0.3 is 0 Å². The van der Waals surface area contributed by atoms with Gasteiger partial charge in [0.05, 0.1) is 6.10 Å². The van der Waals surface area contributed by atoms with Gasteiger partial charge in [0.2, 0.25) is 0 Å². The molecule has 3 nitrogen and oxygen atoms in total. The minimum atomic E-state index is -0.255. The summed E-state index contributed by atoms with van der Waals surface area (Å²) in [6, 6.07) is 6.81. The fourth-order valence-corrected chi connectivity index (χ4v) is 2.29. The molecule has 1 rings (SSSR count). The van der Waals surface area contributed by atoms with Gasteiger partial charge in [0, 0.05) is 36.3 Å². The number of nitrogens with zero attached hydrogens (tertiary/aromatic N) is 1. The third-order valence-corrected chi connectivity index (χ3v) is 3.53. The van der Waals surface area contributed by atoms with Crippen molar-refractivity contribution in [2.45, 2.75) is 45.9 Å². The maximum Gasteiger partial charge on any atom is 0.0528 e. The Labute approximate surface area is 125 Å². The molecule has 0 spiro atoms. The van der Waals surface area contributed by atoms with E-state index in [0.717, 1.165) is 24.0 Å². The zero-order valence-electron chi connectivity index (χ0n) is 12.3. The van der Waals surface area contributed by atoms with Crippen molar-refractivity contribution in [1.82, 2.24) is 5.32 Å². The van der Waals surface area contributed by atoms with E-state index in [9.17, 15) is 5.11 Å². The molecule has 0 aliphatic rings. The molecule has 0 fully saturated rings. The molecule has 1 aromatic carbocycles. The van der Waals surface area contributed by atoms with Crippen molar-refractivity contribution < 1.29 is 5.11 Å². The molecule has 0 saturated carbocycles. The van der Waals surface area contributed by atoms with Crippen LogP contribution in [-0.2, 0) is 6.54 Å². The Balaban J connectivity index is 2.79. The number of halogens is 1. The molecule has 0 amide bonds. The zero-order chi connectivity index (χ0) is 14.4. The molecule has 1 aromatic rings. The molecule has 19 heavy (non-hydrogen) atoms. The second-order valence-electron chi connectivity index (χ2n) is 5.37. The van der Waals surface area contributed by atoms with E-state index in [2.05, 4.69) is 65.2 Å². The quantitative estimate of drug-likeness (QED) is 0.807. The summed E-state index contributed by atoms with van der Waals surface area (Å²) in [5, 5.41) is 12.8. The van der Waals surface area contributed by atoms with E-state index >= 15 is 0 Å². The van der Waals surface area contributed by atoms with Crippen molar-refractivity contribution in [1.29, 1.82) is 0 Å². The van der Waals surface area contributed by atoms with E-state index < -0.39 is 0 Å². The van der Waals surface area contributed by atoms with Crippen LogP contribution in [0.5, 0.6) is 0 Å². The Kier molecular flexibility index (Phi) is 6.83. The lowest BCUT2D eigenvalue weighted by molar-refractivity contribution is 0.187. The van der Waals surface area contributed by atoms with Gasteiger partial charge in [-0.25, -0.2) is 0 Å². The van der Waals surface area contributed by atoms with Crippen LogP contribution in [0.3, 0.4) is 0 Å². The Bertz CT molecular complexity index is 394. The number of hydrogen-bond acceptors (Lipinski definition) is 3. The zero-order valence-corrected chi connectivity index (χ0v) is 13.9. The lowest BCUT2D eigenvalue weighted by atomic mass is 10.1. The monoisotopic (exact) mass is 328 g/mol. The first-order chi connectivity index (χ1) is 8.90. The molecule has 0 bridgehead atoms. The summed E-state index contributed by atoms with van der Waals surface area (Å²) in [4.78, 5) is 2.20. The smallest absolute Gasteiger partial charge is 0.0528 e. The third-order valence-electron chi connectivity index (χ3n) is 3.04. The summed E-state index contributed by atoms with van der Waals surface area (Å²) >= 11 is 3.53. The molecule has 1 atom stereocenters. The highest BCUT2D eigenvalue weighted by Crippen LogP contribution is 2.24. The van der Waals surface area contributed by atoms with E-state index in [1.54, 1.807) is 0 Å². The number of aliphatic hydroxyl groups is 1. The molecule has 0 radical (unpaired) electrons. The lowest BCUT2D eigenvalue weighted by Crippen LogP contribution is -2.26. The van der Waals surface area contributed by atoms with E-state index in [-0.39, 0.29) is 6.10 Å². The number of nitrogens with one attached hydrogen (secondary N) is 1. The van der Waals surface area contributed by atoms with Crippen LogP contribution in [0.25, 0.3) is 0 Å². The molecule has 2 N–H and O–H groups in total. The first-order valence-electron chi connectivity index (χ1n) is 6.81. The van der Waals surface area contributed by atoms with Crippen LogP contribution in [0.15, 0.2) is 22.7 Å². The fraction of sp³-hybridized carbons (Fsp3) is 0.600. The van der Waals surface area contributed by atoms with Crippen molar-refractivity contribution in [3.8, 4) is 0 Å². The number of rotatable bonds is 7. The normalized spacial score (nSPS) is 12.8. The SMILES string of the molecule is CC(O)CCN(C)c1ccc(Br)cc1CNC(C)C.